The van der Waals surface area contributed by atoms with Crippen molar-refractivity contribution < 1.29 is 66.7 Å². The number of carbonyl (C=O) groups is 7. The molecule has 1 saturated heterocycles. The second kappa shape index (κ2) is 42.4. The number of nitrogens with one attached hydrogen (secondary N) is 1. The van der Waals surface area contributed by atoms with Gasteiger partial charge in [0.05, 0.1) is 19.6 Å². The number of esters is 6. The molecule has 0 aromatic carbocycles. The van der Waals surface area contributed by atoms with Crippen molar-refractivity contribution in [2.24, 2.45) is 28.6 Å². The first kappa shape index (κ1) is 70.0. The van der Waals surface area contributed by atoms with Gasteiger partial charge in [0.15, 0.2) is 0 Å². The van der Waals surface area contributed by atoms with Crippen molar-refractivity contribution in [3.8, 4) is 0 Å². The van der Waals surface area contributed by atoms with Gasteiger partial charge < -0.3 is 43.4 Å². The predicted octanol–water partition coefficient (Wildman–Crippen LogP) is 13.7. The van der Waals surface area contributed by atoms with Crippen LogP contribution >= 0.6 is 0 Å². The number of hydrogen-bond acceptors (Lipinski definition) is 15. The number of likely N-dealkylation sites (tertiary alicyclic amines) is 1. The van der Waals surface area contributed by atoms with E-state index >= 15 is 0 Å². The van der Waals surface area contributed by atoms with Crippen LogP contribution in [0, 0.1) is 28.6 Å². The van der Waals surface area contributed by atoms with Crippen LogP contribution in [0.4, 0.5) is 4.79 Å². The maximum atomic E-state index is 14.0. The molecule has 1 atom stereocenters. The monoisotopic (exact) mass is 1150 g/mol. The van der Waals surface area contributed by atoms with Crippen LogP contribution in [-0.4, -0.2) is 119 Å². The average Bonchev–Trinajstić information content (AvgIpc) is 4.07. The molecule has 0 spiro atoms. The average molecular weight is 1160 g/mol. The first-order valence-electron chi connectivity index (χ1n) is 32.7. The van der Waals surface area contributed by atoms with E-state index in [0.717, 1.165) is 103 Å². The molecule has 16 heteroatoms. The van der Waals surface area contributed by atoms with Crippen LogP contribution < -0.4 is 5.32 Å². The second-order valence-corrected chi connectivity index (χ2v) is 24.7. The standard InChI is InChI=1S/C66H110N2O14/c1-4-7-10-13-15-17-28-41-76-58(69)31-22-19-24-33-60(71)78-50-66(53-81-63(74)49-65-46-54-43-55(47-65)45-56(44-54)48-65,51-79-61(72)34-25-20-23-32-59(70)77-42-29-18-16-14-11-8-5-2)52-80-62(73)36-35-57(30-21-12-9-6-3)82-64(75)67-37-40-68-38-26-27-39-68/h15-18,54-57H,4-14,19-53H2,1-3H3,(H,67,75)/b17-15-,18-16-. The molecule has 5 aliphatic rings. The molecule has 16 nitrogen and oxygen atoms in total. The number of amides is 1. The zero-order chi connectivity index (χ0) is 58.9. The summed E-state index contributed by atoms with van der Waals surface area (Å²) in [7, 11) is 0. The third-order valence-electron chi connectivity index (χ3n) is 17.0. The minimum atomic E-state index is -1.45. The van der Waals surface area contributed by atoms with Crippen molar-refractivity contribution in [2.75, 3.05) is 65.8 Å². The van der Waals surface area contributed by atoms with Gasteiger partial charge in [-0.25, -0.2) is 4.79 Å². The summed E-state index contributed by atoms with van der Waals surface area (Å²) in [6.07, 6.45) is 35.5. The fourth-order valence-electron chi connectivity index (χ4n) is 12.7. The lowest BCUT2D eigenvalue weighted by Gasteiger charge is -2.56. The van der Waals surface area contributed by atoms with E-state index in [1.165, 1.54) is 44.9 Å². The lowest BCUT2D eigenvalue weighted by Crippen LogP contribution is -2.47. The van der Waals surface area contributed by atoms with Gasteiger partial charge in [-0.05, 0) is 171 Å². The smallest absolute Gasteiger partial charge is 0.407 e. The summed E-state index contributed by atoms with van der Waals surface area (Å²) < 4.78 is 40.6. The maximum absolute atomic E-state index is 14.0. The second-order valence-electron chi connectivity index (χ2n) is 24.7. The number of carbonyl (C=O) groups excluding carboxylic acids is 7. The van der Waals surface area contributed by atoms with Gasteiger partial charge in [0.1, 0.15) is 37.9 Å². The van der Waals surface area contributed by atoms with Crippen molar-refractivity contribution in [1.29, 1.82) is 0 Å². The fourth-order valence-corrected chi connectivity index (χ4v) is 12.7. The normalized spacial score (nSPS) is 19.8. The van der Waals surface area contributed by atoms with Crippen LogP contribution in [0.1, 0.15) is 252 Å². The Morgan fingerprint density at radius 3 is 1.38 bits per heavy atom. The van der Waals surface area contributed by atoms with Crippen LogP contribution in [0.25, 0.3) is 0 Å². The molecule has 0 aromatic rings. The highest BCUT2D eigenvalue weighted by Crippen LogP contribution is 2.61. The van der Waals surface area contributed by atoms with E-state index in [4.69, 9.17) is 33.2 Å². The summed E-state index contributed by atoms with van der Waals surface area (Å²) >= 11 is 0. The summed E-state index contributed by atoms with van der Waals surface area (Å²) in [5.41, 5.74) is -1.56. The Labute approximate surface area is 493 Å². The molecule has 0 radical (unpaired) electrons. The largest absolute Gasteiger partial charge is 0.465 e. The minimum absolute atomic E-state index is 0.0501. The first-order chi connectivity index (χ1) is 39.8. The molecule has 5 rings (SSSR count). The highest BCUT2D eigenvalue weighted by atomic mass is 16.6. The van der Waals surface area contributed by atoms with Gasteiger partial charge >= 0.3 is 41.9 Å². The Morgan fingerprint density at radius 1 is 0.488 bits per heavy atom. The van der Waals surface area contributed by atoms with E-state index in [2.05, 4.69) is 55.3 Å². The van der Waals surface area contributed by atoms with E-state index < -0.39 is 35.5 Å². The molecule has 1 heterocycles. The number of rotatable bonds is 48. The Hall–Kier alpha value is -4.47. The van der Waals surface area contributed by atoms with Crippen LogP contribution in [0.5, 0.6) is 0 Å². The number of nitrogens with zero attached hydrogens (tertiary/aromatic N) is 1. The fraction of sp³-hybridized carbons (Fsp3) is 0.833. The van der Waals surface area contributed by atoms with Crippen molar-refractivity contribution in [2.45, 2.75) is 258 Å². The Balaban J connectivity index is 1.38. The molecule has 82 heavy (non-hydrogen) atoms. The summed E-state index contributed by atoms with van der Waals surface area (Å²) in [5.74, 6) is -0.698. The zero-order valence-corrected chi connectivity index (χ0v) is 51.3. The van der Waals surface area contributed by atoms with Gasteiger partial charge in [0.25, 0.3) is 0 Å². The Morgan fingerprint density at radius 2 is 0.902 bits per heavy atom. The van der Waals surface area contributed by atoms with Gasteiger partial charge in [0.2, 0.25) is 0 Å². The van der Waals surface area contributed by atoms with Gasteiger partial charge in [-0.2, -0.15) is 0 Å². The van der Waals surface area contributed by atoms with E-state index in [1.807, 2.05) is 0 Å². The number of hydrogen-bond donors (Lipinski definition) is 1. The highest BCUT2D eigenvalue weighted by molar-refractivity contribution is 5.72. The lowest BCUT2D eigenvalue weighted by atomic mass is 9.49. The molecule has 0 aromatic heterocycles. The number of alkyl carbamates (subject to hydrolysis) is 1. The van der Waals surface area contributed by atoms with Gasteiger partial charge in [-0.15, -0.1) is 0 Å². The molecule has 1 N–H and O–H groups in total. The molecule has 5 fully saturated rings. The highest BCUT2D eigenvalue weighted by Gasteiger charge is 2.52. The van der Waals surface area contributed by atoms with Crippen LogP contribution in [-0.2, 0) is 61.9 Å². The minimum Gasteiger partial charge on any atom is -0.465 e. The summed E-state index contributed by atoms with van der Waals surface area (Å²) in [6.45, 7) is 8.95. The predicted molar refractivity (Wildman–Crippen MR) is 317 cm³/mol. The molecule has 1 unspecified atom stereocenters. The van der Waals surface area contributed by atoms with E-state index in [0.29, 0.717) is 95.3 Å². The molecular formula is C66H110N2O14. The van der Waals surface area contributed by atoms with Crippen molar-refractivity contribution in [3.05, 3.63) is 24.3 Å². The topological polar surface area (TPSA) is 199 Å². The molecule has 468 valence electrons. The SMILES string of the molecule is CCCCC/C=C\CCOC(=O)CCCCCC(=O)OCC(COC(=O)CCCCCC(=O)OCC/C=C\CCCCC)(COC(=O)CCC(CCCCCC)OC(=O)NCCN1CCCC1)COC(=O)CC12CC3CC(CC(C3)C1)C2. The van der Waals surface area contributed by atoms with E-state index in [9.17, 15) is 33.6 Å². The van der Waals surface area contributed by atoms with Gasteiger partial charge in [-0.3, -0.25) is 28.8 Å². The first-order valence-corrected chi connectivity index (χ1v) is 32.7. The molecule has 4 aliphatic carbocycles. The molecule has 1 aliphatic heterocycles. The number of unbranched alkanes of at least 4 members (excludes halogenated alkanes) is 13. The van der Waals surface area contributed by atoms with E-state index in [1.54, 1.807) is 0 Å². The molecule has 4 bridgehead atoms. The van der Waals surface area contributed by atoms with Crippen LogP contribution in [0.2, 0.25) is 0 Å². The van der Waals surface area contributed by atoms with Crippen molar-refractivity contribution >= 4 is 41.9 Å². The Bertz CT molecular complexity index is 1800. The summed E-state index contributed by atoms with van der Waals surface area (Å²) in [6, 6.07) is 0. The van der Waals surface area contributed by atoms with Crippen molar-refractivity contribution in [1.82, 2.24) is 10.2 Å². The molecule has 1 amide bonds. The van der Waals surface area contributed by atoms with Crippen LogP contribution in [0.3, 0.4) is 0 Å². The number of ether oxygens (including phenoxy) is 7. The number of allylic oxidation sites excluding steroid dienone is 2. The quantitative estimate of drug-likeness (QED) is 0.0261. The Kier molecular flexibility index (Phi) is 36.2. The van der Waals surface area contributed by atoms with Gasteiger partial charge in [0, 0.05) is 45.2 Å². The third-order valence-corrected chi connectivity index (χ3v) is 17.0. The lowest BCUT2D eigenvalue weighted by molar-refractivity contribution is -0.173. The molecular weight excluding hydrogens is 1040 g/mol. The summed E-state index contributed by atoms with van der Waals surface area (Å²) in [4.78, 5) is 94.8. The van der Waals surface area contributed by atoms with Crippen LogP contribution in [0.15, 0.2) is 24.3 Å². The third kappa shape index (κ3) is 31.4. The maximum Gasteiger partial charge on any atom is 0.407 e. The zero-order valence-electron chi connectivity index (χ0n) is 51.3. The van der Waals surface area contributed by atoms with E-state index in [-0.39, 0.29) is 94.7 Å². The molecule has 4 saturated carbocycles. The van der Waals surface area contributed by atoms with Crippen molar-refractivity contribution in [3.63, 3.8) is 0 Å². The van der Waals surface area contributed by atoms with Gasteiger partial charge in [-0.1, -0.05) is 103 Å². The summed E-state index contributed by atoms with van der Waals surface area (Å²) in [5, 5.41) is 2.88.